The minimum Gasteiger partial charge on any atom is -0.369 e. The summed E-state index contributed by atoms with van der Waals surface area (Å²) in [6.07, 6.45) is 0.661. The van der Waals surface area contributed by atoms with Gasteiger partial charge in [0.1, 0.15) is 6.61 Å². The number of nitrogens with zero attached hydrogens (tertiary/aromatic N) is 2. The van der Waals surface area contributed by atoms with Crippen molar-refractivity contribution in [3.8, 4) is 0 Å². The van der Waals surface area contributed by atoms with Crippen LogP contribution >= 0.6 is 11.6 Å². The molecule has 6 nitrogen and oxygen atoms in total. The third kappa shape index (κ3) is 5.24. The van der Waals surface area contributed by atoms with Gasteiger partial charge in [0.15, 0.2) is 5.78 Å². The molecular formula is C20H26ClF2N3O3. The van der Waals surface area contributed by atoms with E-state index in [-0.39, 0.29) is 69.1 Å². The molecule has 2 N–H and O–H groups in total. The van der Waals surface area contributed by atoms with Crippen molar-refractivity contribution in [3.05, 3.63) is 34.9 Å². The second-order valence-corrected chi connectivity index (χ2v) is 8.03. The third-order valence-electron chi connectivity index (χ3n) is 5.61. The van der Waals surface area contributed by atoms with Crippen molar-refractivity contribution in [2.75, 3.05) is 39.3 Å². The van der Waals surface area contributed by atoms with E-state index in [2.05, 4.69) is 0 Å². The molecule has 1 atom stereocenters. The molecule has 29 heavy (non-hydrogen) atoms. The van der Waals surface area contributed by atoms with Crippen molar-refractivity contribution in [1.82, 2.24) is 9.80 Å². The molecule has 1 aromatic rings. The minimum atomic E-state index is -2.98. The summed E-state index contributed by atoms with van der Waals surface area (Å²) in [6, 6.07) is 5.33. The fraction of sp³-hybridized carbons (Fsp3) is 0.600. The molecule has 1 unspecified atom stereocenters. The zero-order valence-electron chi connectivity index (χ0n) is 16.2. The molecule has 3 rings (SSSR count). The first kappa shape index (κ1) is 21.9. The minimum absolute atomic E-state index is 0.0308. The van der Waals surface area contributed by atoms with Crippen LogP contribution in [0.4, 0.5) is 13.6 Å². The fourth-order valence-corrected chi connectivity index (χ4v) is 3.95. The zero-order chi connectivity index (χ0) is 21.0. The van der Waals surface area contributed by atoms with Crippen molar-refractivity contribution >= 4 is 23.4 Å². The summed E-state index contributed by atoms with van der Waals surface area (Å²) < 4.78 is 35.1. The van der Waals surface area contributed by atoms with Crippen LogP contribution in [0, 0.1) is 5.92 Å². The van der Waals surface area contributed by atoms with Gasteiger partial charge >= 0.3 is 6.03 Å². The molecule has 0 aliphatic carbocycles. The molecule has 2 aliphatic heterocycles. The number of alkyl halides is 2. The van der Waals surface area contributed by atoms with Gasteiger partial charge in [-0.2, -0.15) is 0 Å². The number of ether oxygens (including phenoxy) is 1. The van der Waals surface area contributed by atoms with Gasteiger partial charge < -0.3 is 20.3 Å². The fourth-order valence-electron chi connectivity index (χ4n) is 3.82. The normalized spacial score (nSPS) is 22.3. The second-order valence-electron chi connectivity index (χ2n) is 7.59. The maximum atomic E-state index is 14.9. The Labute approximate surface area is 173 Å². The third-order valence-corrected chi connectivity index (χ3v) is 5.86. The number of likely N-dealkylation sites (tertiary alicyclic amines) is 1. The monoisotopic (exact) mass is 429 g/mol. The van der Waals surface area contributed by atoms with E-state index in [9.17, 15) is 18.4 Å². The smallest absolute Gasteiger partial charge is 0.320 e. The van der Waals surface area contributed by atoms with Crippen LogP contribution in [0.5, 0.6) is 0 Å². The van der Waals surface area contributed by atoms with E-state index < -0.39 is 11.8 Å². The number of nitrogens with two attached hydrogens (primary N) is 1. The van der Waals surface area contributed by atoms with Crippen LogP contribution in [0.25, 0.3) is 0 Å². The van der Waals surface area contributed by atoms with Crippen LogP contribution in [0.1, 0.15) is 24.8 Å². The second kappa shape index (κ2) is 9.36. The number of halogens is 3. The van der Waals surface area contributed by atoms with E-state index in [0.717, 1.165) is 0 Å². The first-order valence-electron chi connectivity index (χ1n) is 9.82. The highest BCUT2D eigenvalue weighted by Crippen LogP contribution is 2.41. The number of hydrogen-bond donors (Lipinski definition) is 1. The highest BCUT2D eigenvalue weighted by molar-refractivity contribution is 6.30. The molecule has 0 saturated carbocycles. The molecule has 2 amide bonds. The Morgan fingerprint density at radius 2 is 1.76 bits per heavy atom. The zero-order valence-corrected chi connectivity index (χ0v) is 16.9. The average Bonchev–Trinajstić information content (AvgIpc) is 2.71. The first-order valence-corrected chi connectivity index (χ1v) is 10.2. The summed E-state index contributed by atoms with van der Waals surface area (Å²) in [7, 11) is 0. The van der Waals surface area contributed by atoms with E-state index in [1.807, 2.05) is 0 Å². The largest absolute Gasteiger partial charge is 0.369 e. The summed E-state index contributed by atoms with van der Waals surface area (Å²) in [4.78, 5) is 27.9. The lowest BCUT2D eigenvalue weighted by Gasteiger charge is -2.38. The van der Waals surface area contributed by atoms with E-state index in [0.29, 0.717) is 18.0 Å². The van der Waals surface area contributed by atoms with Gasteiger partial charge in [-0.3, -0.25) is 4.79 Å². The average molecular weight is 430 g/mol. The van der Waals surface area contributed by atoms with Crippen LogP contribution in [-0.2, 0) is 15.5 Å². The maximum absolute atomic E-state index is 14.9. The molecule has 2 aliphatic rings. The number of carbonyl (C=O) groups excluding carboxylic acids is 2. The van der Waals surface area contributed by atoms with Crippen LogP contribution < -0.4 is 5.73 Å². The standard InChI is InChI=1S/C20H26ClF2N3O3/c21-16-3-1-14(2-4-16)20(22,23)15-5-8-25(9-6-15)19(28)26-10-7-18(11-24)29-13-17(27)12-26/h1-4,15,18H,5-13,24H2. The number of carbonyl (C=O) groups is 2. The van der Waals surface area contributed by atoms with E-state index in [1.54, 1.807) is 4.90 Å². The quantitative estimate of drug-likeness (QED) is 0.801. The highest BCUT2D eigenvalue weighted by Gasteiger charge is 2.43. The van der Waals surface area contributed by atoms with Gasteiger partial charge in [0.05, 0.1) is 12.6 Å². The van der Waals surface area contributed by atoms with Crippen molar-refractivity contribution in [1.29, 1.82) is 0 Å². The number of rotatable bonds is 3. The molecule has 0 spiro atoms. The molecule has 9 heteroatoms. The van der Waals surface area contributed by atoms with Crippen molar-refractivity contribution < 1.29 is 23.1 Å². The van der Waals surface area contributed by atoms with E-state index >= 15 is 0 Å². The predicted molar refractivity (Wildman–Crippen MR) is 105 cm³/mol. The first-order chi connectivity index (χ1) is 13.8. The SMILES string of the molecule is NCC1CCN(C(=O)N2CCC(C(F)(F)c3ccc(Cl)cc3)CC2)CC(=O)CO1. The molecule has 0 bridgehead atoms. The van der Waals surface area contributed by atoms with Gasteiger partial charge in [-0.1, -0.05) is 23.7 Å². The number of amides is 2. The van der Waals surface area contributed by atoms with Gasteiger partial charge in [-0.15, -0.1) is 0 Å². The molecule has 1 aromatic carbocycles. The molecule has 2 heterocycles. The molecule has 160 valence electrons. The maximum Gasteiger partial charge on any atom is 0.320 e. The Hall–Kier alpha value is -1.77. The lowest BCUT2D eigenvalue weighted by molar-refractivity contribution is -0.128. The van der Waals surface area contributed by atoms with E-state index in [1.165, 1.54) is 29.2 Å². The Balaban J connectivity index is 1.59. The number of hydrogen-bond acceptors (Lipinski definition) is 4. The lowest BCUT2D eigenvalue weighted by Crippen LogP contribution is -2.51. The van der Waals surface area contributed by atoms with Gasteiger partial charge in [-0.05, 0) is 31.4 Å². The summed E-state index contributed by atoms with van der Waals surface area (Å²) >= 11 is 5.79. The Morgan fingerprint density at radius 1 is 1.14 bits per heavy atom. The predicted octanol–water partition coefficient (Wildman–Crippen LogP) is 2.88. The summed E-state index contributed by atoms with van der Waals surface area (Å²) in [5.74, 6) is -4.03. The number of urea groups is 1. The highest BCUT2D eigenvalue weighted by atomic mass is 35.5. The van der Waals surface area contributed by atoms with Gasteiger partial charge in [0.25, 0.3) is 5.92 Å². The summed E-state index contributed by atoms with van der Waals surface area (Å²) in [6.45, 7) is 0.994. The van der Waals surface area contributed by atoms with Crippen molar-refractivity contribution in [3.63, 3.8) is 0 Å². The Morgan fingerprint density at radius 3 is 2.38 bits per heavy atom. The summed E-state index contributed by atoms with van der Waals surface area (Å²) in [5, 5.41) is 0.412. The Kier molecular flexibility index (Phi) is 7.08. The number of Topliss-reactive ketones (excluding diaryl/α,β-unsaturated/α-hetero) is 1. The van der Waals surface area contributed by atoms with Crippen LogP contribution in [-0.4, -0.2) is 67.0 Å². The van der Waals surface area contributed by atoms with Crippen molar-refractivity contribution in [2.45, 2.75) is 31.3 Å². The van der Waals surface area contributed by atoms with Gasteiger partial charge in [0.2, 0.25) is 0 Å². The van der Waals surface area contributed by atoms with Crippen molar-refractivity contribution in [2.24, 2.45) is 11.7 Å². The number of piperidine rings is 1. The Bertz CT molecular complexity index is 724. The van der Waals surface area contributed by atoms with Crippen LogP contribution in [0.2, 0.25) is 5.02 Å². The van der Waals surface area contributed by atoms with E-state index in [4.69, 9.17) is 22.1 Å². The lowest BCUT2D eigenvalue weighted by atomic mass is 9.86. The van der Waals surface area contributed by atoms with Gasteiger partial charge in [0, 0.05) is 42.7 Å². The molecule has 0 radical (unpaired) electrons. The molecular weight excluding hydrogens is 404 g/mol. The molecule has 2 saturated heterocycles. The van der Waals surface area contributed by atoms with Crippen LogP contribution in [0.15, 0.2) is 24.3 Å². The summed E-state index contributed by atoms with van der Waals surface area (Å²) in [5.41, 5.74) is 5.56. The number of ketones is 1. The topological polar surface area (TPSA) is 75.9 Å². The molecule has 0 aromatic heterocycles. The molecule has 2 fully saturated rings. The van der Waals surface area contributed by atoms with Crippen LogP contribution in [0.3, 0.4) is 0 Å². The van der Waals surface area contributed by atoms with Gasteiger partial charge in [-0.25, -0.2) is 13.6 Å². The number of benzene rings is 1.